The number of nitrogens with zero attached hydrogens (tertiary/aromatic N) is 1. The van der Waals surface area contributed by atoms with Crippen molar-refractivity contribution in [1.82, 2.24) is 10.2 Å². The number of phenolic OH excluding ortho intramolecular Hbond substituents is 1. The molecule has 138 valence electrons. The number of phenols is 1. The zero-order valence-corrected chi connectivity index (χ0v) is 16.2. The molecule has 2 amide bonds. The summed E-state index contributed by atoms with van der Waals surface area (Å²) >= 11 is 6.42. The fourth-order valence-electron chi connectivity index (χ4n) is 2.61. The zero-order valence-electron chi connectivity index (χ0n) is 14.6. The van der Waals surface area contributed by atoms with Crippen molar-refractivity contribution in [1.29, 1.82) is 0 Å². The van der Waals surface area contributed by atoms with Crippen molar-refractivity contribution < 1.29 is 14.7 Å². The maximum Gasteiger partial charge on any atom is 0.266 e. The molecule has 1 aliphatic heterocycles. The number of thioether (sulfide) groups is 1. The van der Waals surface area contributed by atoms with E-state index in [0.29, 0.717) is 21.3 Å². The van der Waals surface area contributed by atoms with Gasteiger partial charge in [0.05, 0.1) is 4.91 Å². The Bertz CT molecular complexity index is 912. The summed E-state index contributed by atoms with van der Waals surface area (Å²) in [5.74, 6) is -0.536. The Kier molecular flexibility index (Phi) is 5.93. The molecule has 0 aliphatic carbocycles. The standard InChI is InChI=1S/C20H18N2O3S2/c1-13(18(24)21-12-14-7-3-2-4-8-14)22-19(25)17(27-20(22)26)11-15-9-5-6-10-16(15)23/h2-11,13,23H,12H2,1H3,(H,21,24)/b17-11-. The summed E-state index contributed by atoms with van der Waals surface area (Å²) in [7, 11) is 0. The average Bonchev–Trinajstić information content (AvgIpc) is 2.95. The second-order valence-electron chi connectivity index (χ2n) is 5.99. The largest absolute Gasteiger partial charge is 0.507 e. The van der Waals surface area contributed by atoms with Gasteiger partial charge in [-0.1, -0.05) is 72.5 Å². The molecule has 2 aromatic carbocycles. The highest BCUT2D eigenvalue weighted by atomic mass is 32.2. The number of aromatic hydroxyl groups is 1. The van der Waals surface area contributed by atoms with Gasteiger partial charge in [-0.15, -0.1) is 0 Å². The lowest BCUT2D eigenvalue weighted by Gasteiger charge is -2.22. The van der Waals surface area contributed by atoms with Crippen LogP contribution in [0.2, 0.25) is 0 Å². The molecule has 5 nitrogen and oxygen atoms in total. The van der Waals surface area contributed by atoms with Crippen molar-refractivity contribution in [2.75, 3.05) is 0 Å². The van der Waals surface area contributed by atoms with Gasteiger partial charge in [0.2, 0.25) is 5.91 Å². The SMILES string of the molecule is CC(C(=O)NCc1ccccc1)N1C(=O)/C(=C/c2ccccc2O)SC1=S. The molecule has 1 unspecified atom stereocenters. The van der Waals surface area contributed by atoms with Crippen LogP contribution < -0.4 is 5.32 Å². The minimum atomic E-state index is -0.725. The number of carbonyl (C=O) groups is 2. The van der Waals surface area contributed by atoms with Crippen LogP contribution in [0, 0.1) is 0 Å². The van der Waals surface area contributed by atoms with Gasteiger partial charge in [0.1, 0.15) is 16.1 Å². The van der Waals surface area contributed by atoms with Gasteiger partial charge < -0.3 is 10.4 Å². The number of hydrogen-bond acceptors (Lipinski definition) is 5. The molecule has 2 aromatic rings. The van der Waals surface area contributed by atoms with E-state index in [0.717, 1.165) is 17.3 Å². The summed E-state index contributed by atoms with van der Waals surface area (Å²) in [6.45, 7) is 2.03. The molecule has 1 fully saturated rings. The summed E-state index contributed by atoms with van der Waals surface area (Å²) < 4.78 is 0.323. The van der Waals surface area contributed by atoms with Crippen LogP contribution in [0.15, 0.2) is 59.5 Å². The molecule has 1 heterocycles. The lowest BCUT2D eigenvalue weighted by molar-refractivity contribution is -0.132. The van der Waals surface area contributed by atoms with Gasteiger partial charge in [0.25, 0.3) is 5.91 Å². The van der Waals surface area contributed by atoms with Gasteiger partial charge in [-0.3, -0.25) is 14.5 Å². The fourth-order valence-corrected chi connectivity index (χ4v) is 4.02. The summed E-state index contributed by atoms with van der Waals surface area (Å²) in [5.41, 5.74) is 1.50. The van der Waals surface area contributed by atoms with E-state index in [9.17, 15) is 14.7 Å². The van der Waals surface area contributed by atoms with Crippen LogP contribution in [0.25, 0.3) is 6.08 Å². The number of rotatable bonds is 5. The minimum Gasteiger partial charge on any atom is -0.507 e. The van der Waals surface area contributed by atoms with E-state index >= 15 is 0 Å². The molecule has 2 N–H and O–H groups in total. The Labute approximate surface area is 167 Å². The van der Waals surface area contributed by atoms with E-state index in [1.165, 1.54) is 4.90 Å². The van der Waals surface area contributed by atoms with E-state index in [2.05, 4.69) is 5.32 Å². The first kappa shape index (κ1) is 19.1. The van der Waals surface area contributed by atoms with E-state index in [4.69, 9.17) is 12.2 Å². The molecule has 27 heavy (non-hydrogen) atoms. The molecule has 0 radical (unpaired) electrons. The third-order valence-electron chi connectivity index (χ3n) is 4.12. The van der Waals surface area contributed by atoms with Gasteiger partial charge in [-0.05, 0) is 24.6 Å². The average molecular weight is 399 g/mol. The van der Waals surface area contributed by atoms with Gasteiger partial charge in [-0.25, -0.2) is 0 Å². The molecule has 3 rings (SSSR count). The normalized spacial score (nSPS) is 16.6. The third kappa shape index (κ3) is 4.37. The van der Waals surface area contributed by atoms with Crippen LogP contribution >= 0.6 is 24.0 Å². The smallest absolute Gasteiger partial charge is 0.266 e. The summed E-state index contributed by atoms with van der Waals surface area (Å²) in [6, 6.07) is 15.5. The van der Waals surface area contributed by atoms with E-state index < -0.39 is 6.04 Å². The highest BCUT2D eigenvalue weighted by molar-refractivity contribution is 8.26. The second-order valence-corrected chi connectivity index (χ2v) is 7.67. The number of carbonyl (C=O) groups excluding carboxylic acids is 2. The maximum absolute atomic E-state index is 12.7. The summed E-state index contributed by atoms with van der Waals surface area (Å²) in [6.07, 6.45) is 1.59. The van der Waals surface area contributed by atoms with Crippen molar-refractivity contribution in [3.05, 3.63) is 70.6 Å². The van der Waals surface area contributed by atoms with Crippen LogP contribution in [-0.2, 0) is 16.1 Å². The molecule has 0 saturated carbocycles. The Morgan fingerprint density at radius 2 is 1.89 bits per heavy atom. The highest BCUT2D eigenvalue weighted by Crippen LogP contribution is 2.35. The number of thiocarbonyl (C=S) groups is 1. The predicted octanol–water partition coefficient (Wildman–Crippen LogP) is 3.30. The van der Waals surface area contributed by atoms with Gasteiger partial charge >= 0.3 is 0 Å². The number of amides is 2. The lowest BCUT2D eigenvalue weighted by Crippen LogP contribution is -2.46. The predicted molar refractivity (Wildman–Crippen MR) is 111 cm³/mol. The fraction of sp³-hybridized carbons (Fsp3) is 0.150. The van der Waals surface area contributed by atoms with Crippen LogP contribution in [0.3, 0.4) is 0 Å². The van der Waals surface area contributed by atoms with Gasteiger partial charge in [0, 0.05) is 12.1 Å². The molecule has 1 saturated heterocycles. The van der Waals surface area contributed by atoms with Crippen molar-refractivity contribution in [2.24, 2.45) is 0 Å². The van der Waals surface area contributed by atoms with E-state index in [1.807, 2.05) is 30.3 Å². The van der Waals surface area contributed by atoms with E-state index in [-0.39, 0.29) is 17.6 Å². The molecule has 0 spiro atoms. The van der Waals surface area contributed by atoms with Gasteiger partial charge in [0.15, 0.2) is 0 Å². The summed E-state index contributed by atoms with van der Waals surface area (Å²) in [4.78, 5) is 26.9. The minimum absolute atomic E-state index is 0.0800. The quantitative estimate of drug-likeness (QED) is 0.597. The topological polar surface area (TPSA) is 69.6 Å². The van der Waals surface area contributed by atoms with Crippen molar-refractivity contribution in [3.63, 3.8) is 0 Å². The monoisotopic (exact) mass is 398 g/mol. The van der Waals surface area contributed by atoms with Crippen LogP contribution in [0.1, 0.15) is 18.1 Å². The first-order chi connectivity index (χ1) is 13.0. The maximum atomic E-state index is 12.7. The second kappa shape index (κ2) is 8.37. The number of para-hydroxylation sites is 1. The number of hydrogen-bond donors (Lipinski definition) is 2. The molecule has 0 bridgehead atoms. The first-order valence-corrected chi connectivity index (χ1v) is 9.56. The van der Waals surface area contributed by atoms with Crippen LogP contribution in [0.5, 0.6) is 5.75 Å². The number of benzene rings is 2. The van der Waals surface area contributed by atoms with Crippen molar-refractivity contribution in [3.8, 4) is 5.75 Å². The Balaban J connectivity index is 1.70. The lowest BCUT2D eigenvalue weighted by atomic mass is 10.1. The van der Waals surface area contributed by atoms with Crippen molar-refractivity contribution in [2.45, 2.75) is 19.5 Å². The molecule has 1 atom stereocenters. The van der Waals surface area contributed by atoms with Gasteiger partial charge in [-0.2, -0.15) is 0 Å². The van der Waals surface area contributed by atoms with Crippen LogP contribution in [-0.4, -0.2) is 32.2 Å². The molecule has 1 aliphatic rings. The molecule has 7 heteroatoms. The molecule has 0 aromatic heterocycles. The first-order valence-electron chi connectivity index (χ1n) is 8.34. The Morgan fingerprint density at radius 1 is 1.22 bits per heavy atom. The Morgan fingerprint density at radius 3 is 2.59 bits per heavy atom. The third-order valence-corrected chi connectivity index (χ3v) is 5.45. The zero-order chi connectivity index (χ0) is 19.4. The van der Waals surface area contributed by atoms with E-state index in [1.54, 1.807) is 37.3 Å². The summed E-state index contributed by atoms with van der Waals surface area (Å²) in [5, 5.41) is 12.7. The molecular weight excluding hydrogens is 380 g/mol. The van der Waals surface area contributed by atoms with Crippen molar-refractivity contribution >= 4 is 46.2 Å². The molecular formula is C20H18N2O3S2. The number of nitrogens with one attached hydrogen (secondary N) is 1. The van der Waals surface area contributed by atoms with Crippen LogP contribution in [0.4, 0.5) is 0 Å². The Hall–Kier alpha value is -2.64. The highest BCUT2D eigenvalue weighted by Gasteiger charge is 2.38.